The molecule has 0 bridgehead atoms. The van der Waals surface area contributed by atoms with E-state index in [0.717, 1.165) is 0 Å². The van der Waals surface area contributed by atoms with Gasteiger partial charge in [0.1, 0.15) is 5.82 Å². The Hall–Kier alpha value is -2.52. The van der Waals surface area contributed by atoms with E-state index < -0.39 is 29.9 Å². The molecule has 1 saturated carbocycles. The molecule has 176 valence electrons. The smallest absolute Gasteiger partial charge is 0.349 e. The summed E-state index contributed by atoms with van der Waals surface area (Å²) in [4.78, 5) is 17.1. The van der Waals surface area contributed by atoms with Gasteiger partial charge < -0.3 is 15.2 Å². The number of benzene rings is 2. The van der Waals surface area contributed by atoms with Gasteiger partial charge >= 0.3 is 6.18 Å². The Morgan fingerprint density at radius 2 is 1.76 bits per heavy atom. The van der Waals surface area contributed by atoms with Gasteiger partial charge in [-0.3, -0.25) is 4.79 Å². The molecular formula is C22H20Cl2F4N4O. The van der Waals surface area contributed by atoms with E-state index in [0.29, 0.717) is 32.7 Å². The lowest BCUT2D eigenvalue weighted by Crippen LogP contribution is -2.40. The molecule has 4 rings (SSSR count). The minimum Gasteiger partial charge on any atom is -0.349 e. The van der Waals surface area contributed by atoms with E-state index in [2.05, 4.69) is 15.6 Å². The molecule has 0 radical (unpaired) electrons. The van der Waals surface area contributed by atoms with Crippen LogP contribution in [0.3, 0.4) is 0 Å². The topological polar surface area (TPSA) is 59.0 Å². The molecular weight excluding hydrogens is 483 g/mol. The van der Waals surface area contributed by atoms with Crippen molar-refractivity contribution in [3.63, 3.8) is 0 Å². The number of carbonyl (C=O) groups excluding carboxylic acids is 1. The lowest BCUT2D eigenvalue weighted by atomic mass is 9.85. The molecule has 33 heavy (non-hydrogen) atoms. The molecule has 0 spiro atoms. The Kier molecular flexibility index (Phi) is 6.46. The molecule has 1 fully saturated rings. The van der Waals surface area contributed by atoms with Crippen molar-refractivity contribution in [2.24, 2.45) is 13.0 Å². The number of imidazole rings is 1. The number of amides is 1. The highest BCUT2D eigenvalue weighted by Gasteiger charge is 2.41. The van der Waals surface area contributed by atoms with Crippen LogP contribution in [0.25, 0.3) is 11.0 Å². The fraction of sp³-hybridized carbons (Fsp3) is 0.364. The second-order valence-corrected chi connectivity index (χ2v) is 8.91. The number of nitrogens with one attached hydrogen (secondary N) is 2. The summed E-state index contributed by atoms with van der Waals surface area (Å²) >= 11 is 12.4. The number of halogens is 6. The van der Waals surface area contributed by atoms with Crippen LogP contribution in [-0.2, 0) is 7.05 Å². The highest BCUT2D eigenvalue weighted by molar-refractivity contribution is 6.39. The van der Waals surface area contributed by atoms with Gasteiger partial charge in [-0.1, -0.05) is 29.3 Å². The maximum atomic E-state index is 14.8. The van der Waals surface area contributed by atoms with Crippen LogP contribution in [0.2, 0.25) is 10.0 Å². The number of carbonyl (C=O) groups is 1. The van der Waals surface area contributed by atoms with Crippen LogP contribution in [0.1, 0.15) is 36.0 Å². The maximum absolute atomic E-state index is 14.8. The normalized spacial score (nSPS) is 19.0. The number of aryl methyl sites for hydroxylation is 1. The molecule has 0 unspecified atom stereocenters. The molecule has 1 aliphatic carbocycles. The molecule has 0 atom stereocenters. The third-order valence-electron chi connectivity index (χ3n) is 5.94. The SMILES string of the molecule is Cn1c(Nc2c(Cl)cccc2Cl)nc2cc(C(=O)N[C@H]3CC[C@@H](C(F)(F)F)CC3)c(F)cc21. The predicted molar refractivity (Wildman–Crippen MR) is 120 cm³/mol. The van der Waals surface area contributed by atoms with E-state index in [-0.39, 0.29) is 31.2 Å². The number of anilines is 2. The average Bonchev–Trinajstić information content (AvgIpc) is 3.04. The number of alkyl halides is 3. The van der Waals surface area contributed by atoms with E-state index in [4.69, 9.17) is 23.2 Å². The molecule has 1 heterocycles. The lowest BCUT2D eigenvalue weighted by Gasteiger charge is -2.30. The third-order valence-corrected chi connectivity index (χ3v) is 6.57. The standard InChI is InChI=1S/C22H20Cl2F4N4O/c1-32-18-10-16(25)13(20(33)29-12-7-5-11(6-8-12)22(26,27)28)9-17(18)30-21(32)31-19-14(23)3-2-4-15(19)24/h2-4,9-12H,5-8H2,1H3,(H,29,33)(H,30,31)/t11-,12+. The first-order valence-electron chi connectivity index (χ1n) is 10.3. The fourth-order valence-corrected chi connectivity index (χ4v) is 4.55. The molecule has 0 aliphatic heterocycles. The molecule has 1 aliphatic rings. The minimum absolute atomic E-state index is 0.0597. The zero-order chi connectivity index (χ0) is 23.9. The van der Waals surface area contributed by atoms with Crippen molar-refractivity contribution in [2.75, 3.05) is 5.32 Å². The fourth-order valence-electron chi connectivity index (χ4n) is 4.06. The number of aromatic nitrogens is 2. The lowest BCUT2D eigenvalue weighted by molar-refractivity contribution is -0.182. The van der Waals surface area contributed by atoms with Gasteiger partial charge in [-0.2, -0.15) is 13.2 Å². The first-order chi connectivity index (χ1) is 15.5. The molecule has 0 saturated heterocycles. The van der Waals surface area contributed by atoms with Crippen molar-refractivity contribution in [2.45, 2.75) is 37.9 Å². The van der Waals surface area contributed by atoms with Gasteiger partial charge in [0.2, 0.25) is 5.95 Å². The van der Waals surface area contributed by atoms with Crippen molar-refractivity contribution in [3.8, 4) is 0 Å². The van der Waals surface area contributed by atoms with Gasteiger partial charge in [-0.05, 0) is 43.9 Å². The van der Waals surface area contributed by atoms with E-state index >= 15 is 0 Å². The summed E-state index contributed by atoms with van der Waals surface area (Å²) in [5.74, 6) is -2.46. The summed E-state index contributed by atoms with van der Waals surface area (Å²) < 4.78 is 54.9. The first-order valence-corrected chi connectivity index (χ1v) is 11.0. The Bertz CT molecular complexity index is 1180. The number of hydrogen-bond donors (Lipinski definition) is 2. The van der Waals surface area contributed by atoms with Gasteiger partial charge in [-0.15, -0.1) is 0 Å². The highest BCUT2D eigenvalue weighted by atomic mass is 35.5. The Balaban J connectivity index is 1.54. The molecule has 2 aromatic carbocycles. The van der Waals surface area contributed by atoms with Crippen LogP contribution in [0.15, 0.2) is 30.3 Å². The molecule has 2 N–H and O–H groups in total. The van der Waals surface area contributed by atoms with Gasteiger partial charge in [0.15, 0.2) is 0 Å². The van der Waals surface area contributed by atoms with E-state index in [1.54, 1.807) is 29.8 Å². The number of para-hydroxylation sites is 1. The van der Waals surface area contributed by atoms with Crippen molar-refractivity contribution >= 4 is 51.8 Å². The van der Waals surface area contributed by atoms with Crippen LogP contribution < -0.4 is 10.6 Å². The van der Waals surface area contributed by atoms with Crippen LogP contribution in [-0.4, -0.2) is 27.7 Å². The zero-order valence-corrected chi connectivity index (χ0v) is 19.0. The molecule has 3 aromatic rings. The number of rotatable bonds is 4. The quantitative estimate of drug-likeness (QED) is 0.394. The summed E-state index contributed by atoms with van der Waals surface area (Å²) in [6.07, 6.45) is -3.97. The molecule has 1 amide bonds. The minimum atomic E-state index is -4.23. The second kappa shape index (κ2) is 9.02. The molecule has 5 nitrogen and oxygen atoms in total. The second-order valence-electron chi connectivity index (χ2n) is 8.10. The van der Waals surface area contributed by atoms with E-state index in [9.17, 15) is 22.4 Å². The van der Waals surface area contributed by atoms with Crippen molar-refractivity contribution in [1.29, 1.82) is 0 Å². The van der Waals surface area contributed by atoms with Crippen LogP contribution in [0.4, 0.5) is 29.2 Å². The summed E-state index contributed by atoms with van der Waals surface area (Å²) in [7, 11) is 1.67. The van der Waals surface area contributed by atoms with Gasteiger partial charge in [0.25, 0.3) is 5.91 Å². The number of fused-ring (bicyclic) bond motifs is 1. The van der Waals surface area contributed by atoms with Crippen LogP contribution in [0.5, 0.6) is 0 Å². The first kappa shape index (κ1) is 23.6. The van der Waals surface area contributed by atoms with Gasteiger partial charge in [-0.25, -0.2) is 9.37 Å². The van der Waals surface area contributed by atoms with Crippen molar-refractivity contribution in [3.05, 3.63) is 51.8 Å². The summed E-state index contributed by atoms with van der Waals surface area (Å²) in [6, 6.07) is 7.08. The van der Waals surface area contributed by atoms with Crippen LogP contribution >= 0.6 is 23.2 Å². The van der Waals surface area contributed by atoms with E-state index in [1.165, 1.54) is 12.1 Å². The van der Waals surface area contributed by atoms with Crippen molar-refractivity contribution in [1.82, 2.24) is 14.9 Å². The summed E-state index contributed by atoms with van der Waals surface area (Å²) in [5, 5.41) is 6.43. The Labute approximate surface area is 197 Å². The van der Waals surface area contributed by atoms with Crippen molar-refractivity contribution < 1.29 is 22.4 Å². The number of nitrogens with zero attached hydrogens (tertiary/aromatic N) is 2. The Morgan fingerprint density at radius 3 is 2.36 bits per heavy atom. The maximum Gasteiger partial charge on any atom is 0.391 e. The summed E-state index contributed by atoms with van der Waals surface area (Å²) in [6.45, 7) is 0. The van der Waals surface area contributed by atoms with Gasteiger partial charge in [0.05, 0.1) is 38.2 Å². The Morgan fingerprint density at radius 1 is 1.12 bits per heavy atom. The number of hydrogen-bond acceptors (Lipinski definition) is 3. The molecule has 1 aromatic heterocycles. The summed E-state index contributed by atoms with van der Waals surface area (Å²) in [5.41, 5.74) is 1.00. The largest absolute Gasteiger partial charge is 0.391 e. The van der Waals surface area contributed by atoms with Crippen LogP contribution in [0, 0.1) is 11.7 Å². The van der Waals surface area contributed by atoms with Gasteiger partial charge in [0, 0.05) is 19.2 Å². The molecule has 11 heteroatoms. The predicted octanol–water partition coefficient (Wildman–Crippen LogP) is 6.61. The average molecular weight is 503 g/mol. The zero-order valence-electron chi connectivity index (χ0n) is 17.4. The highest BCUT2D eigenvalue weighted by Crippen LogP contribution is 2.38. The van der Waals surface area contributed by atoms with E-state index in [1.807, 2.05) is 0 Å². The monoisotopic (exact) mass is 502 g/mol. The third kappa shape index (κ3) is 4.89.